The standard InChI is InChI=1S/C28H33FN8O2S2/c1-4-9-37(28-32-23(17-40-28)27-33-25(30)16-26(31)34-27)24-14-19(6-5-18(24)2)21-8-7-20(15-22(21)29)41(38,39)36-12-10-35(3)11-13-36/h5-8,14-17H,4,9-13H2,1-3H3,(H4,30,31,33,34). The SMILES string of the molecule is CCCN(c1nc(-c2nc(N)cc(N)n2)cs1)c1cc(-c2ccc(S(=O)(=O)N3CCN(C)CC3)cc2F)ccc1C. The van der Waals surface area contributed by atoms with Gasteiger partial charge >= 0.3 is 0 Å². The van der Waals surface area contributed by atoms with E-state index < -0.39 is 15.8 Å². The summed E-state index contributed by atoms with van der Waals surface area (Å²) in [5.41, 5.74) is 15.1. The van der Waals surface area contributed by atoms with Gasteiger partial charge in [-0.05, 0) is 49.7 Å². The second kappa shape index (κ2) is 11.7. The van der Waals surface area contributed by atoms with Gasteiger partial charge in [0, 0.05) is 55.4 Å². The van der Waals surface area contributed by atoms with Crippen LogP contribution < -0.4 is 16.4 Å². The largest absolute Gasteiger partial charge is 0.384 e. The second-order valence-corrected chi connectivity index (χ2v) is 12.8. The summed E-state index contributed by atoms with van der Waals surface area (Å²) in [6.07, 6.45) is 0.841. The van der Waals surface area contributed by atoms with Gasteiger partial charge in [0.25, 0.3) is 0 Å². The van der Waals surface area contributed by atoms with E-state index in [0.29, 0.717) is 55.4 Å². The topological polar surface area (TPSA) is 135 Å². The first kappa shape index (κ1) is 28.9. The zero-order chi connectivity index (χ0) is 29.3. The third kappa shape index (κ3) is 6.03. The molecule has 1 aliphatic heterocycles. The maximum absolute atomic E-state index is 15.5. The smallest absolute Gasteiger partial charge is 0.243 e. The molecule has 1 aliphatic rings. The zero-order valence-electron chi connectivity index (χ0n) is 23.2. The highest BCUT2D eigenvalue weighted by atomic mass is 32.2. The van der Waals surface area contributed by atoms with Crippen LogP contribution in [-0.4, -0.2) is 72.3 Å². The fourth-order valence-electron chi connectivity index (χ4n) is 4.77. The van der Waals surface area contributed by atoms with Gasteiger partial charge in [-0.3, -0.25) is 0 Å². The lowest BCUT2D eigenvalue weighted by molar-refractivity contribution is 0.222. The molecule has 0 aliphatic carbocycles. The predicted molar refractivity (Wildman–Crippen MR) is 162 cm³/mol. The monoisotopic (exact) mass is 596 g/mol. The van der Waals surface area contributed by atoms with E-state index in [4.69, 9.17) is 16.5 Å². The fraction of sp³-hybridized carbons (Fsp3) is 0.321. The lowest BCUT2D eigenvalue weighted by Crippen LogP contribution is -2.47. The molecular formula is C28H33FN8O2S2. The van der Waals surface area contributed by atoms with Crippen LogP contribution >= 0.6 is 11.3 Å². The van der Waals surface area contributed by atoms with Gasteiger partial charge in [0.15, 0.2) is 11.0 Å². The Morgan fingerprint density at radius 1 is 1.00 bits per heavy atom. The molecule has 0 spiro atoms. The van der Waals surface area contributed by atoms with E-state index in [0.717, 1.165) is 28.9 Å². The number of aromatic nitrogens is 3. The number of sulfonamides is 1. The summed E-state index contributed by atoms with van der Waals surface area (Å²) in [5, 5.41) is 2.57. The van der Waals surface area contributed by atoms with E-state index in [9.17, 15) is 8.42 Å². The summed E-state index contributed by atoms with van der Waals surface area (Å²) in [4.78, 5) is 17.4. The normalized spacial score (nSPS) is 14.8. The molecule has 4 aromatic rings. The summed E-state index contributed by atoms with van der Waals surface area (Å²) in [6.45, 7) is 6.77. The molecule has 0 radical (unpaired) electrons. The van der Waals surface area contributed by atoms with Crippen LogP contribution in [0.3, 0.4) is 0 Å². The molecule has 4 N–H and O–H groups in total. The summed E-state index contributed by atoms with van der Waals surface area (Å²) in [7, 11) is -1.83. The number of piperazine rings is 1. The van der Waals surface area contributed by atoms with Crippen molar-refractivity contribution in [1.82, 2.24) is 24.2 Å². The van der Waals surface area contributed by atoms with Gasteiger partial charge in [0.2, 0.25) is 10.0 Å². The number of nitrogens with zero attached hydrogens (tertiary/aromatic N) is 6. The van der Waals surface area contributed by atoms with Crippen LogP contribution in [0.2, 0.25) is 0 Å². The van der Waals surface area contributed by atoms with Crippen LogP contribution in [-0.2, 0) is 10.0 Å². The molecule has 1 fully saturated rings. The molecule has 1 saturated heterocycles. The molecule has 2 aromatic heterocycles. The van der Waals surface area contributed by atoms with Crippen molar-refractivity contribution in [2.75, 3.05) is 56.1 Å². The molecule has 0 bridgehead atoms. The number of thiazole rings is 1. The van der Waals surface area contributed by atoms with E-state index in [-0.39, 0.29) is 16.5 Å². The highest BCUT2D eigenvalue weighted by Crippen LogP contribution is 2.37. The molecule has 0 atom stereocenters. The molecule has 3 heterocycles. The third-order valence-electron chi connectivity index (χ3n) is 7.02. The number of anilines is 4. The molecule has 0 unspecified atom stereocenters. The molecule has 0 amide bonds. The number of nitrogens with two attached hydrogens (primary N) is 2. The Morgan fingerprint density at radius 2 is 1.71 bits per heavy atom. The van der Waals surface area contributed by atoms with Crippen molar-refractivity contribution in [3.8, 4) is 22.6 Å². The van der Waals surface area contributed by atoms with Gasteiger partial charge < -0.3 is 21.3 Å². The van der Waals surface area contributed by atoms with E-state index in [1.54, 1.807) is 6.07 Å². The molecule has 13 heteroatoms. The number of hydrogen-bond acceptors (Lipinski definition) is 10. The Labute approximate surface area is 243 Å². The third-order valence-corrected chi connectivity index (χ3v) is 9.77. The van der Waals surface area contributed by atoms with Crippen LogP contribution in [0.1, 0.15) is 18.9 Å². The molecule has 5 rings (SSSR count). The maximum Gasteiger partial charge on any atom is 0.243 e. The van der Waals surface area contributed by atoms with Gasteiger partial charge in [0.1, 0.15) is 23.1 Å². The quantitative estimate of drug-likeness (QED) is 0.304. The van der Waals surface area contributed by atoms with Crippen molar-refractivity contribution in [3.05, 3.63) is 59.2 Å². The maximum atomic E-state index is 15.5. The number of rotatable bonds is 8. The first-order chi connectivity index (χ1) is 19.6. The van der Waals surface area contributed by atoms with Crippen LogP contribution in [0, 0.1) is 12.7 Å². The number of aryl methyl sites for hydroxylation is 1. The number of nitrogen functional groups attached to an aromatic ring is 2. The van der Waals surface area contributed by atoms with Gasteiger partial charge in [0.05, 0.1) is 4.90 Å². The Balaban J connectivity index is 1.47. The summed E-state index contributed by atoms with van der Waals surface area (Å²) < 4.78 is 43.2. The predicted octanol–water partition coefficient (Wildman–Crippen LogP) is 4.36. The van der Waals surface area contributed by atoms with Crippen molar-refractivity contribution in [3.63, 3.8) is 0 Å². The van der Waals surface area contributed by atoms with E-state index in [2.05, 4.69) is 26.7 Å². The van der Waals surface area contributed by atoms with Crippen LogP contribution in [0.15, 0.2) is 52.7 Å². The zero-order valence-corrected chi connectivity index (χ0v) is 24.8. The van der Waals surface area contributed by atoms with Crippen molar-refractivity contribution in [1.29, 1.82) is 0 Å². The van der Waals surface area contributed by atoms with Crippen LogP contribution in [0.5, 0.6) is 0 Å². The molecule has 0 saturated carbocycles. The molecule has 216 valence electrons. The first-order valence-corrected chi connectivity index (χ1v) is 15.6. The Kier molecular flexibility index (Phi) is 8.23. The van der Waals surface area contributed by atoms with E-state index in [1.165, 1.54) is 27.8 Å². The van der Waals surface area contributed by atoms with Gasteiger partial charge in [-0.15, -0.1) is 11.3 Å². The summed E-state index contributed by atoms with van der Waals surface area (Å²) >= 11 is 1.44. The number of hydrogen-bond donors (Lipinski definition) is 2. The van der Waals surface area contributed by atoms with Crippen LogP contribution in [0.4, 0.5) is 26.8 Å². The Bertz CT molecular complexity index is 1650. The average Bonchev–Trinajstić information content (AvgIpc) is 3.42. The average molecular weight is 597 g/mol. The minimum atomic E-state index is -3.78. The van der Waals surface area contributed by atoms with Gasteiger partial charge in [-0.2, -0.15) is 4.31 Å². The lowest BCUT2D eigenvalue weighted by atomic mass is 10.0. The Morgan fingerprint density at radius 3 is 2.37 bits per heavy atom. The Hall–Kier alpha value is -3.65. The first-order valence-electron chi connectivity index (χ1n) is 13.3. The summed E-state index contributed by atoms with van der Waals surface area (Å²) in [5.74, 6) is 0.284. The number of likely N-dealkylation sites (N-methyl/N-ethyl adjacent to an activating group) is 1. The number of halogens is 1. The molecule has 2 aromatic carbocycles. The van der Waals surface area contributed by atoms with Gasteiger partial charge in [-0.1, -0.05) is 25.1 Å². The highest BCUT2D eigenvalue weighted by molar-refractivity contribution is 7.89. The van der Waals surface area contributed by atoms with Crippen molar-refractivity contribution >= 4 is 43.8 Å². The van der Waals surface area contributed by atoms with E-state index in [1.807, 2.05) is 37.6 Å². The summed E-state index contributed by atoms with van der Waals surface area (Å²) in [6, 6.07) is 11.3. The number of benzene rings is 2. The lowest BCUT2D eigenvalue weighted by Gasteiger charge is -2.31. The van der Waals surface area contributed by atoms with Gasteiger partial charge in [-0.25, -0.2) is 27.8 Å². The minimum Gasteiger partial charge on any atom is -0.384 e. The van der Waals surface area contributed by atoms with Crippen LogP contribution in [0.25, 0.3) is 22.6 Å². The highest BCUT2D eigenvalue weighted by Gasteiger charge is 2.28. The van der Waals surface area contributed by atoms with Crippen molar-refractivity contribution < 1.29 is 12.8 Å². The minimum absolute atomic E-state index is 0.0389. The fourth-order valence-corrected chi connectivity index (χ4v) is 7.05. The molecule has 10 nitrogen and oxygen atoms in total. The van der Waals surface area contributed by atoms with E-state index >= 15 is 4.39 Å². The van der Waals surface area contributed by atoms with Crippen molar-refractivity contribution in [2.45, 2.75) is 25.2 Å². The van der Waals surface area contributed by atoms with Crippen molar-refractivity contribution in [2.24, 2.45) is 0 Å². The second-order valence-electron chi connectivity index (χ2n) is 10.1. The molecular weight excluding hydrogens is 563 g/mol. The molecule has 41 heavy (non-hydrogen) atoms.